The normalized spacial score (nSPS) is 11.0. The molecule has 0 saturated carbocycles. The van der Waals surface area contributed by atoms with Crippen LogP contribution in [0.4, 0.5) is 0 Å². The van der Waals surface area contributed by atoms with Crippen LogP contribution in [0.3, 0.4) is 0 Å². The van der Waals surface area contributed by atoms with Gasteiger partial charge < -0.3 is 0 Å². The molecule has 5 heteroatoms. The molecule has 0 N–H and O–H groups in total. The summed E-state index contributed by atoms with van der Waals surface area (Å²) in [6.07, 6.45) is 1.67. The Labute approximate surface area is 95.9 Å². The van der Waals surface area contributed by atoms with Crippen LogP contribution in [-0.4, -0.2) is 15.8 Å². The van der Waals surface area contributed by atoms with Gasteiger partial charge >= 0.3 is 0 Å². The molecular formula is C9H8Cl2N2S. The zero-order valence-corrected chi connectivity index (χ0v) is 9.66. The van der Waals surface area contributed by atoms with E-state index in [2.05, 4.69) is 9.97 Å². The van der Waals surface area contributed by atoms with E-state index in [0.717, 1.165) is 28.9 Å². The maximum absolute atomic E-state index is 6.01. The summed E-state index contributed by atoms with van der Waals surface area (Å²) in [7, 11) is 0. The third-order valence-electron chi connectivity index (χ3n) is 1.86. The van der Waals surface area contributed by atoms with Gasteiger partial charge in [-0.15, -0.1) is 22.9 Å². The Morgan fingerprint density at radius 1 is 1.36 bits per heavy atom. The van der Waals surface area contributed by atoms with Gasteiger partial charge in [0.2, 0.25) is 0 Å². The summed E-state index contributed by atoms with van der Waals surface area (Å²) >= 11 is 13.2. The molecule has 14 heavy (non-hydrogen) atoms. The number of fused-ring (bicyclic) bond motifs is 1. The van der Waals surface area contributed by atoms with E-state index >= 15 is 0 Å². The van der Waals surface area contributed by atoms with Crippen molar-refractivity contribution in [3.8, 4) is 0 Å². The summed E-state index contributed by atoms with van der Waals surface area (Å²) in [5.41, 5.74) is 0. The van der Waals surface area contributed by atoms with Crippen molar-refractivity contribution in [1.82, 2.24) is 9.97 Å². The lowest BCUT2D eigenvalue weighted by molar-refractivity contribution is 0.850. The Balaban J connectivity index is 2.38. The van der Waals surface area contributed by atoms with Gasteiger partial charge in [0.25, 0.3) is 0 Å². The van der Waals surface area contributed by atoms with Crippen molar-refractivity contribution < 1.29 is 0 Å². The molecule has 0 aliphatic heterocycles. The van der Waals surface area contributed by atoms with E-state index in [4.69, 9.17) is 23.2 Å². The number of hydrogen-bond acceptors (Lipinski definition) is 3. The van der Waals surface area contributed by atoms with Gasteiger partial charge in [0, 0.05) is 17.7 Å². The highest BCUT2D eigenvalue weighted by Crippen LogP contribution is 2.24. The standard InChI is InChI=1S/C9H8Cl2N2S/c10-4-1-2-7-12-8(11)6-3-5-14-9(6)13-7/h3,5H,1-2,4H2. The second-order valence-electron chi connectivity index (χ2n) is 2.86. The van der Waals surface area contributed by atoms with Gasteiger partial charge in [-0.3, -0.25) is 0 Å². The second kappa shape index (κ2) is 4.43. The van der Waals surface area contributed by atoms with Gasteiger partial charge in [0.15, 0.2) is 0 Å². The van der Waals surface area contributed by atoms with E-state index < -0.39 is 0 Å². The molecule has 2 rings (SSSR count). The first-order valence-electron chi connectivity index (χ1n) is 4.27. The predicted molar refractivity (Wildman–Crippen MR) is 61.5 cm³/mol. The summed E-state index contributed by atoms with van der Waals surface area (Å²) in [5.74, 6) is 1.41. The molecule has 2 aromatic rings. The maximum atomic E-state index is 6.01. The van der Waals surface area contributed by atoms with Crippen LogP contribution in [0.5, 0.6) is 0 Å². The average Bonchev–Trinajstić information content (AvgIpc) is 2.63. The summed E-state index contributed by atoms with van der Waals surface area (Å²) in [6, 6.07) is 1.94. The maximum Gasteiger partial charge on any atom is 0.141 e. The van der Waals surface area contributed by atoms with Crippen molar-refractivity contribution in [2.24, 2.45) is 0 Å². The van der Waals surface area contributed by atoms with E-state index in [1.807, 2.05) is 11.4 Å². The fourth-order valence-electron chi connectivity index (χ4n) is 1.20. The van der Waals surface area contributed by atoms with E-state index in [1.165, 1.54) is 0 Å². The molecule has 0 aromatic carbocycles. The molecule has 0 bridgehead atoms. The number of nitrogens with zero attached hydrogens (tertiary/aromatic N) is 2. The minimum atomic E-state index is 0.542. The number of aryl methyl sites for hydroxylation is 1. The number of aromatic nitrogens is 2. The van der Waals surface area contributed by atoms with Gasteiger partial charge in [0.05, 0.1) is 0 Å². The first-order valence-corrected chi connectivity index (χ1v) is 6.06. The van der Waals surface area contributed by atoms with Gasteiger partial charge in [-0.2, -0.15) is 0 Å². The molecule has 0 spiro atoms. The van der Waals surface area contributed by atoms with Crippen molar-refractivity contribution >= 4 is 44.8 Å². The van der Waals surface area contributed by atoms with Crippen LogP contribution >= 0.6 is 34.5 Å². The number of thiophene rings is 1. The zero-order chi connectivity index (χ0) is 9.97. The summed E-state index contributed by atoms with van der Waals surface area (Å²) < 4.78 is 0. The number of halogens is 2. The van der Waals surface area contributed by atoms with Crippen molar-refractivity contribution in [2.45, 2.75) is 12.8 Å². The van der Waals surface area contributed by atoms with Crippen molar-refractivity contribution in [3.05, 3.63) is 22.4 Å². The van der Waals surface area contributed by atoms with Crippen LogP contribution in [0.15, 0.2) is 11.4 Å². The van der Waals surface area contributed by atoms with Crippen molar-refractivity contribution in [3.63, 3.8) is 0 Å². The molecule has 0 atom stereocenters. The van der Waals surface area contributed by atoms with Gasteiger partial charge in [-0.25, -0.2) is 9.97 Å². The van der Waals surface area contributed by atoms with Crippen LogP contribution in [0.2, 0.25) is 5.15 Å². The zero-order valence-electron chi connectivity index (χ0n) is 7.33. The Bertz CT molecular complexity index is 441. The summed E-state index contributed by atoms with van der Waals surface area (Å²) in [6.45, 7) is 0. The Morgan fingerprint density at radius 2 is 2.21 bits per heavy atom. The molecule has 0 aliphatic carbocycles. The van der Waals surface area contributed by atoms with Crippen LogP contribution in [-0.2, 0) is 6.42 Å². The van der Waals surface area contributed by atoms with Crippen LogP contribution < -0.4 is 0 Å². The molecule has 0 amide bonds. The summed E-state index contributed by atoms with van der Waals surface area (Å²) in [4.78, 5) is 9.56. The Hall–Kier alpha value is -0.380. The molecule has 2 nitrogen and oxygen atoms in total. The highest BCUT2D eigenvalue weighted by molar-refractivity contribution is 7.16. The molecule has 74 valence electrons. The largest absolute Gasteiger partial charge is 0.222 e. The molecule has 0 aliphatic rings. The second-order valence-corrected chi connectivity index (χ2v) is 4.49. The molecule has 0 fully saturated rings. The lowest BCUT2D eigenvalue weighted by Gasteiger charge is -1.99. The quantitative estimate of drug-likeness (QED) is 0.612. The molecule has 0 saturated heterocycles. The minimum absolute atomic E-state index is 0.542. The highest BCUT2D eigenvalue weighted by Gasteiger charge is 2.06. The van der Waals surface area contributed by atoms with E-state index in [0.29, 0.717) is 11.0 Å². The van der Waals surface area contributed by atoms with E-state index in [1.54, 1.807) is 11.3 Å². The van der Waals surface area contributed by atoms with Crippen LogP contribution in [0.1, 0.15) is 12.2 Å². The molecule has 2 aromatic heterocycles. The SMILES string of the molecule is ClCCCc1nc(Cl)c2ccsc2n1. The number of hydrogen-bond donors (Lipinski definition) is 0. The molecule has 2 heterocycles. The first-order chi connectivity index (χ1) is 6.81. The Morgan fingerprint density at radius 3 is 3.00 bits per heavy atom. The fraction of sp³-hybridized carbons (Fsp3) is 0.333. The Kier molecular flexibility index (Phi) is 3.21. The molecule has 0 unspecified atom stereocenters. The van der Waals surface area contributed by atoms with Gasteiger partial charge in [0.1, 0.15) is 15.8 Å². The van der Waals surface area contributed by atoms with E-state index in [9.17, 15) is 0 Å². The highest BCUT2D eigenvalue weighted by atomic mass is 35.5. The number of rotatable bonds is 3. The van der Waals surface area contributed by atoms with Crippen molar-refractivity contribution in [1.29, 1.82) is 0 Å². The van der Waals surface area contributed by atoms with Gasteiger partial charge in [-0.1, -0.05) is 11.6 Å². The van der Waals surface area contributed by atoms with Crippen molar-refractivity contribution in [2.75, 3.05) is 5.88 Å². The lowest BCUT2D eigenvalue weighted by atomic mass is 10.3. The number of alkyl halides is 1. The molecule has 0 radical (unpaired) electrons. The molecular weight excluding hydrogens is 239 g/mol. The van der Waals surface area contributed by atoms with E-state index in [-0.39, 0.29) is 0 Å². The fourth-order valence-corrected chi connectivity index (χ4v) is 2.42. The predicted octanol–water partition coefficient (Wildman–Crippen LogP) is 3.52. The van der Waals surface area contributed by atoms with Crippen LogP contribution in [0.25, 0.3) is 10.2 Å². The van der Waals surface area contributed by atoms with Crippen LogP contribution in [0, 0.1) is 0 Å². The first kappa shape index (κ1) is 10.1. The monoisotopic (exact) mass is 246 g/mol. The third kappa shape index (κ3) is 2.00. The minimum Gasteiger partial charge on any atom is -0.222 e. The topological polar surface area (TPSA) is 25.8 Å². The third-order valence-corrected chi connectivity index (χ3v) is 3.22. The smallest absolute Gasteiger partial charge is 0.141 e. The average molecular weight is 247 g/mol. The van der Waals surface area contributed by atoms with Gasteiger partial charge in [-0.05, 0) is 17.9 Å². The lowest BCUT2D eigenvalue weighted by Crippen LogP contribution is -1.95. The summed E-state index contributed by atoms with van der Waals surface area (Å²) in [5, 5.41) is 3.45.